The molecule has 0 spiro atoms. The van der Waals surface area contributed by atoms with Gasteiger partial charge in [-0.3, -0.25) is 0 Å². The molecule has 0 heteroatoms. The van der Waals surface area contributed by atoms with Gasteiger partial charge in [0.15, 0.2) is 0 Å². The van der Waals surface area contributed by atoms with Gasteiger partial charge in [-0.25, -0.2) is 0 Å². The van der Waals surface area contributed by atoms with Crippen molar-refractivity contribution in [2.75, 3.05) is 0 Å². The van der Waals surface area contributed by atoms with E-state index in [2.05, 4.69) is 45.9 Å². The van der Waals surface area contributed by atoms with Crippen LogP contribution < -0.4 is 0 Å². The van der Waals surface area contributed by atoms with Gasteiger partial charge in [-0.05, 0) is 41.9 Å². The Morgan fingerprint density at radius 2 is 1.80 bits per heavy atom. The van der Waals surface area contributed by atoms with Crippen LogP contribution in [0.4, 0.5) is 0 Å². The predicted molar refractivity (Wildman–Crippen MR) is 68.5 cm³/mol. The number of hydrogen-bond donors (Lipinski definition) is 0. The topological polar surface area (TPSA) is 0 Å². The lowest BCUT2D eigenvalue weighted by atomic mass is 9.92. The van der Waals surface area contributed by atoms with E-state index in [1.54, 1.807) is 11.1 Å². The van der Waals surface area contributed by atoms with Crippen LogP contribution in [0.3, 0.4) is 0 Å². The summed E-state index contributed by atoms with van der Waals surface area (Å²) in [7, 11) is 0. The molecule has 0 aromatic heterocycles. The standard InChI is InChI=1S/C15H24/c1-5-8-14-9-10-15(12(4)6-2)11-13(14)7-3/h9-12H,5-8H2,1-4H3. The third-order valence-corrected chi connectivity index (χ3v) is 3.31. The Balaban J connectivity index is 2.96. The molecule has 0 heterocycles. The molecule has 0 fully saturated rings. The predicted octanol–water partition coefficient (Wildman–Crippen LogP) is 4.72. The Hall–Kier alpha value is -0.780. The molecule has 1 unspecified atom stereocenters. The summed E-state index contributed by atoms with van der Waals surface area (Å²) >= 11 is 0. The molecule has 1 atom stereocenters. The average Bonchev–Trinajstić information content (AvgIpc) is 2.29. The quantitative estimate of drug-likeness (QED) is 0.651. The molecule has 0 aliphatic carbocycles. The van der Waals surface area contributed by atoms with Crippen LogP contribution in [0.5, 0.6) is 0 Å². The van der Waals surface area contributed by atoms with Gasteiger partial charge in [-0.1, -0.05) is 52.3 Å². The van der Waals surface area contributed by atoms with E-state index in [-0.39, 0.29) is 0 Å². The summed E-state index contributed by atoms with van der Waals surface area (Å²) in [4.78, 5) is 0. The van der Waals surface area contributed by atoms with Crippen LogP contribution in [0.15, 0.2) is 18.2 Å². The normalized spacial score (nSPS) is 12.8. The largest absolute Gasteiger partial charge is 0.0651 e. The zero-order valence-electron chi connectivity index (χ0n) is 10.6. The van der Waals surface area contributed by atoms with Crippen molar-refractivity contribution < 1.29 is 0 Å². The van der Waals surface area contributed by atoms with Crippen LogP contribution in [0.1, 0.15) is 63.1 Å². The summed E-state index contributed by atoms with van der Waals surface area (Å²) in [5, 5.41) is 0. The van der Waals surface area contributed by atoms with Gasteiger partial charge in [0, 0.05) is 0 Å². The maximum atomic E-state index is 2.42. The molecule has 0 aliphatic rings. The van der Waals surface area contributed by atoms with Gasteiger partial charge in [0.25, 0.3) is 0 Å². The highest BCUT2D eigenvalue weighted by molar-refractivity contribution is 5.33. The van der Waals surface area contributed by atoms with Crippen LogP contribution in [-0.2, 0) is 12.8 Å². The van der Waals surface area contributed by atoms with E-state index in [9.17, 15) is 0 Å². The number of benzene rings is 1. The van der Waals surface area contributed by atoms with E-state index in [1.165, 1.54) is 31.2 Å². The first-order chi connectivity index (χ1) is 7.22. The van der Waals surface area contributed by atoms with Crippen molar-refractivity contribution in [1.82, 2.24) is 0 Å². The zero-order valence-corrected chi connectivity index (χ0v) is 10.6. The molecule has 0 saturated heterocycles. The Labute approximate surface area is 94.7 Å². The maximum absolute atomic E-state index is 2.42. The molecule has 1 rings (SSSR count). The van der Waals surface area contributed by atoms with Crippen LogP contribution in [0, 0.1) is 0 Å². The second-order valence-electron chi connectivity index (χ2n) is 4.44. The molecule has 0 N–H and O–H groups in total. The first kappa shape index (κ1) is 12.3. The van der Waals surface area contributed by atoms with Gasteiger partial charge in [0.2, 0.25) is 0 Å². The van der Waals surface area contributed by atoms with Gasteiger partial charge in [0.05, 0.1) is 0 Å². The smallest absolute Gasteiger partial charge is 0.0193 e. The molecule has 1 aromatic carbocycles. The molecule has 0 saturated carbocycles. The summed E-state index contributed by atoms with van der Waals surface area (Å²) in [5.74, 6) is 0.700. The van der Waals surface area contributed by atoms with Gasteiger partial charge < -0.3 is 0 Å². The first-order valence-electron chi connectivity index (χ1n) is 6.34. The molecule has 0 amide bonds. The van der Waals surface area contributed by atoms with Crippen LogP contribution in [0.2, 0.25) is 0 Å². The number of rotatable bonds is 5. The van der Waals surface area contributed by atoms with Crippen LogP contribution >= 0.6 is 0 Å². The summed E-state index contributed by atoms with van der Waals surface area (Å²) in [6, 6.07) is 7.07. The zero-order chi connectivity index (χ0) is 11.3. The molecular formula is C15H24. The molecule has 0 nitrogen and oxygen atoms in total. The van der Waals surface area contributed by atoms with Gasteiger partial charge in [-0.2, -0.15) is 0 Å². The van der Waals surface area contributed by atoms with Gasteiger partial charge >= 0.3 is 0 Å². The summed E-state index contributed by atoms with van der Waals surface area (Å²) < 4.78 is 0. The third kappa shape index (κ3) is 3.09. The van der Waals surface area contributed by atoms with Crippen molar-refractivity contribution in [2.24, 2.45) is 0 Å². The van der Waals surface area contributed by atoms with Gasteiger partial charge in [-0.15, -0.1) is 0 Å². The Morgan fingerprint density at radius 3 is 2.33 bits per heavy atom. The van der Waals surface area contributed by atoms with Crippen molar-refractivity contribution in [2.45, 2.75) is 59.3 Å². The highest BCUT2D eigenvalue weighted by atomic mass is 14.1. The van der Waals surface area contributed by atoms with E-state index in [0.29, 0.717) is 5.92 Å². The van der Waals surface area contributed by atoms with Crippen molar-refractivity contribution >= 4 is 0 Å². The van der Waals surface area contributed by atoms with Crippen molar-refractivity contribution in [3.63, 3.8) is 0 Å². The lowest BCUT2D eigenvalue weighted by Gasteiger charge is -2.13. The number of aryl methyl sites for hydroxylation is 2. The Morgan fingerprint density at radius 1 is 1.07 bits per heavy atom. The first-order valence-corrected chi connectivity index (χ1v) is 6.34. The maximum Gasteiger partial charge on any atom is -0.0193 e. The minimum absolute atomic E-state index is 0.700. The fraction of sp³-hybridized carbons (Fsp3) is 0.600. The van der Waals surface area contributed by atoms with Crippen LogP contribution in [-0.4, -0.2) is 0 Å². The summed E-state index contributed by atoms with van der Waals surface area (Å²) in [5.41, 5.74) is 4.61. The Kier molecular flexibility index (Phi) is 4.87. The minimum Gasteiger partial charge on any atom is -0.0651 e. The fourth-order valence-corrected chi connectivity index (χ4v) is 2.03. The van der Waals surface area contributed by atoms with E-state index in [1.807, 2.05) is 0 Å². The molecule has 84 valence electrons. The molecule has 0 aliphatic heterocycles. The highest BCUT2D eigenvalue weighted by Gasteiger charge is 2.06. The highest BCUT2D eigenvalue weighted by Crippen LogP contribution is 2.22. The molecule has 1 aromatic rings. The van der Waals surface area contributed by atoms with Crippen molar-refractivity contribution in [3.8, 4) is 0 Å². The van der Waals surface area contributed by atoms with Crippen LogP contribution in [0.25, 0.3) is 0 Å². The molecule has 0 radical (unpaired) electrons. The van der Waals surface area contributed by atoms with Crippen molar-refractivity contribution in [1.29, 1.82) is 0 Å². The lowest BCUT2D eigenvalue weighted by Crippen LogP contribution is -1.97. The SMILES string of the molecule is CCCc1ccc(C(C)CC)cc1CC. The fourth-order valence-electron chi connectivity index (χ4n) is 2.03. The van der Waals surface area contributed by atoms with E-state index < -0.39 is 0 Å². The molecule has 0 bridgehead atoms. The monoisotopic (exact) mass is 204 g/mol. The third-order valence-electron chi connectivity index (χ3n) is 3.31. The van der Waals surface area contributed by atoms with E-state index >= 15 is 0 Å². The summed E-state index contributed by atoms with van der Waals surface area (Å²) in [6.45, 7) is 9.08. The average molecular weight is 204 g/mol. The molecule has 15 heavy (non-hydrogen) atoms. The van der Waals surface area contributed by atoms with Crippen molar-refractivity contribution in [3.05, 3.63) is 34.9 Å². The number of hydrogen-bond acceptors (Lipinski definition) is 0. The Bertz CT molecular complexity index is 299. The van der Waals surface area contributed by atoms with E-state index in [0.717, 1.165) is 0 Å². The second kappa shape index (κ2) is 5.95. The second-order valence-corrected chi connectivity index (χ2v) is 4.44. The lowest BCUT2D eigenvalue weighted by molar-refractivity contribution is 0.730. The molecular weight excluding hydrogens is 180 g/mol. The van der Waals surface area contributed by atoms with E-state index in [4.69, 9.17) is 0 Å². The minimum atomic E-state index is 0.700. The van der Waals surface area contributed by atoms with Gasteiger partial charge in [0.1, 0.15) is 0 Å². The summed E-state index contributed by atoms with van der Waals surface area (Å²) in [6.07, 6.45) is 4.87.